The Balaban J connectivity index is 2.28. The van der Waals surface area contributed by atoms with Crippen molar-refractivity contribution in [1.29, 1.82) is 5.26 Å². The highest BCUT2D eigenvalue weighted by molar-refractivity contribution is 14.1. The monoisotopic (exact) mass is 355 g/mol. The Bertz CT molecular complexity index is 738. The molecule has 3 rings (SSSR count). The summed E-state index contributed by atoms with van der Waals surface area (Å²) in [6.07, 6.45) is 0. The van der Waals surface area contributed by atoms with Crippen molar-refractivity contribution in [2.24, 2.45) is 0 Å². The lowest BCUT2D eigenvalue weighted by Gasteiger charge is -1.99. The molecule has 2 aliphatic rings. The van der Waals surface area contributed by atoms with Crippen LogP contribution in [0.3, 0.4) is 0 Å². The van der Waals surface area contributed by atoms with E-state index >= 15 is 0 Å². The van der Waals surface area contributed by atoms with Crippen LogP contribution in [0.15, 0.2) is 60.7 Å². The highest BCUT2D eigenvalue weighted by Crippen LogP contribution is 2.36. The van der Waals surface area contributed by atoms with Crippen molar-refractivity contribution < 1.29 is 0 Å². The predicted octanol–water partition coefficient (Wildman–Crippen LogP) is 4.93. The van der Waals surface area contributed by atoms with E-state index in [4.69, 9.17) is 0 Å². The van der Waals surface area contributed by atoms with Gasteiger partial charge in [-0.1, -0.05) is 42.5 Å². The molecule has 0 bridgehead atoms. The minimum Gasteiger partial charge on any atom is -0.192 e. The Morgan fingerprint density at radius 2 is 1.53 bits per heavy atom. The van der Waals surface area contributed by atoms with E-state index in [1.165, 1.54) is 3.57 Å². The van der Waals surface area contributed by atoms with Crippen LogP contribution < -0.4 is 0 Å². The Labute approximate surface area is 126 Å². The fourth-order valence-electron chi connectivity index (χ4n) is 2.27. The van der Waals surface area contributed by atoms with E-state index in [1.807, 2.05) is 30.3 Å². The van der Waals surface area contributed by atoms with E-state index < -0.39 is 0 Å². The summed E-state index contributed by atoms with van der Waals surface area (Å²) in [5.41, 5.74) is 4.99. The van der Waals surface area contributed by atoms with E-state index in [1.54, 1.807) is 0 Å². The maximum absolute atomic E-state index is 9.45. The van der Waals surface area contributed by atoms with Crippen LogP contribution in [0.25, 0.3) is 22.3 Å². The van der Waals surface area contributed by atoms with Crippen molar-refractivity contribution in [2.75, 3.05) is 0 Å². The summed E-state index contributed by atoms with van der Waals surface area (Å²) >= 11 is 2.28. The summed E-state index contributed by atoms with van der Waals surface area (Å²) in [6.45, 7) is 0. The van der Waals surface area contributed by atoms with Crippen LogP contribution in [-0.4, -0.2) is 0 Å². The fraction of sp³-hybridized carbons (Fsp3) is 0. The summed E-state index contributed by atoms with van der Waals surface area (Å²) in [5.74, 6) is 0. The van der Waals surface area contributed by atoms with E-state index in [9.17, 15) is 5.26 Å². The molecule has 0 aliphatic heterocycles. The van der Waals surface area contributed by atoms with Crippen molar-refractivity contribution in [3.05, 3.63) is 69.8 Å². The predicted molar refractivity (Wildman–Crippen MR) is 85.9 cm³/mol. The second-order valence-corrected chi connectivity index (χ2v) is 5.58. The van der Waals surface area contributed by atoms with Crippen LogP contribution >= 0.6 is 22.6 Å². The molecule has 0 aromatic heterocycles. The Morgan fingerprint density at radius 1 is 0.789 bits per heavy atom. The standard InChI is InChI=1S/C17H10IN/c18-14-8-6-12(7-9-14)16-10-13-4-2-1-3-5-15(13)17(16)11-19/h1-10H. The molecule has 1 aromatic rings. The highest BCUT2D eigenvalue weighted by atomic mass is 127. The lowest BCUT2D eigenvalue weighted by atomic mass is 10.0. The van der Waals surface area contributed by atoms with Gasteiger partial charge in [-0.15, -0.1) is 0 Å². The molecule has 0 spiro atoms. The van der Waals surface area contributed by atoms with Crippen LogP contribution in [0.4, 0.5) is 0 Å². The van der Waals surface area contributed by atoms with Crippen LogP contribution in [0, 0.1) is 14.9 Å². The lowest BCUT2D eigenvalue weighted by Crippen LogP contribution is -1.79. The summed E-state index contributed by atoms with van der Waals surface area (Å²) in [5, 5.41) is 9.45. The van der Waals surface area contributed by atoms with Gasteiger partial charge in [-0.3, -0.25) is 0 Å². The summed E-state index contributed by atoms with van der Waals surface area (Å²) < 4.78 is 1.20. The number of hydrogen-bond acceptors (Lipinski definition) is 1. The van der Waals surface area contributed by atoms with Gasteiger partial charge in [0, 0.05) is 14.7 Å². The minimum atomic E-state index is 0.757. The van der Waals surface area contributed by atoms with Crippen LogP contribution in [0.1, 0.15) is 5.56 Å². The number of fused-ring (bicyclic) bond motifs is 1. The third-order valence-corrected chi connectivity index (χ3v) is 3.90. The third-order valence-electron chi connectivity index (χ3n) is 3.18. The zero-order chi connectivity index (χ0) is 13.2. The van der Waals surface area contributed by atoms with E-state index in [0.717, 1.165) is 27.8 Å². The molecule has 0 amide bonds. The van der Waals surface area contributed by atoms with Gasteiger partial charge < -0.3 is 0 Å². The highest BCUT2D eigenvalue weighted by Gasteiger charge is 2.15. The minimum absolute atomic E-state index is 0.757. The molecule has 1 nitrogen and oxygen atoms in total. The molecular weight excluding hydrogens is 345 g/mol. The van der Waals surface area contributed by atoms with Gasteiger partial charge in [0.05, 0.1) is 5.56 Å². The molecule has 0 unspecified atom stereocenters. The van der Waals surface area contributed by atoms with Crippen LogP contribution in [-0.2, 0) is 0 Å². The second kappa shape index (κ2) is 5.02. The number of nitrogens with zero attached hydrogens (tertiary/aromatic N) is 1. The average Bonchev–Trinajstić information content (AvgIpc) is 2.61. The first-order valence-electron chi connectivity index (χ1n) is 5.97. The molecule has 2 aliphatic carbocycles. The average molecular weight is 355 g/mol. The third kappa shape index (κ3) is 2.22. The quantitative estimate of drug-likeness (QED) is 0.568. The first kappa shape index (κ1) is 12.2. The zero-order valence-corrected chi connectivity index (χ0v) is 12.3. The summed E-state index contributed by atoms with van der Waals surface area (Å²) in [4.78, 5) is 0. The van der Waals surface area contributed by atoms with Crippen molar-refractivity contribution in [3.8, 4) is 28.3 Å². The van der Waals surface area contributed by atoms with Gasteiger partial charge in [0.25, 0.3) is 0 Å². The maximum atomic E-state index is 9.45. The number of benzene rings is 1. The van der Waals surface area contributed by atoms with Crippen molar-refractivity contribution in [3.63, 3.8) is 0 Å². The molecule has 0 N–H and O–H groups in total. The molecule has 19 heavy (non-hydrogen) atoms. The fourth-order valence-corrected chi connectivity index (χ4v) is 2.62. The topological polar surface area (TPSA) is 23.8 Å². The molecule has 0 fully saturated rings. The summed E-state index contributed by atoms with van der Waals surface area (Å²) in [6, 6.07) is 22.7. The number of rotatable bonds is 1. The van der Waals surface area contributed by atoms with Crippen LogP contribution in [0.5, 0.6) is 0 Å². The molecule has 0 saturated carbocycles. The Kier molecular flexibility index (Phi) is 3.22. The molecule has 0 heterocycles. The Morgan fingerprint density at radius 3 is 2.26 bits per heavy atom. The molecular formula is C17H10IN. The van der Waals surface area contributed by atoms with Gasteiger partial charge >= 0.3 is 0 Å². The SMILES string of the molecule is N#Cc1c2cccccc-2cc1-c1ccc(I)cc1. The second-order valence-electron chi connectivity index (χ2n) is 4.33. The first-order valence-corrected chi connectivity index (χ1v) is 7.05. The smallest absolute Gasteiger partial charge is 0.100 e. The van der Waals surface area contributed by atoms with E-state index in [0.29, 0.717) is 0 Å². The zero-order valence-electron chi connectivity index (χ0n) is 10.1. The normalized spacial score (nSPS) is 10.3. The molecule has 0 saturated heterocycles. The van der Waals surface area contributed by atoms with Crippen molar-refractivity contribution >= 4 is 22.6 Å². The first-order chi connectivity index (χ1) is 9.29. The van der Waals surface area contributed by atoms with Crippen molar-refractivity contribution in [1.82, 2.24) is 0 Å². The molecule has 2 heteroatoms. The van der Waals surface area contributed by atoms with Crippen molar-refractivity contribution in [2.45, 2.75) is 0 Å². The summed E-state index contributed by atoms with van der Waals surface area (Å²) in [7, 11) is 0. The van der Waals surface area contributed by atoms with Gasteiger partial charge in [-0.05, 0) is 51.9 Å². The van der Waals surface area contributed by atoms with Crippen LogP contribution in [0.2, 0.25) is 0 Å². The van der Waals surface area contributed by atoms with Gasteiger partial charge in [0.15, 0.2) is 0 Å². The Hall–Kier alpha value is -1.86. The van der Waals surface area contributed by atoms with Gasteiger partial charge in [0.2, 0.25) is 0 Å². The van der Waals surface area contributed by atoms with Gasteiger partial charge in [-0.25, -0.2) is 0 Å². The maximum Gasteiger partial charge on any atom is 0.100 e. The van der Waals surface area contributed by atoms with E-state index in [2.05, 4.69) is 59.0 Å². The molecule has 1 aromatic carbocycles. The largest absolute Gasteiger partial charge is 0.192 e. The number of nitriles is 1. The van der Waals surface area contributed by atoms with Gasteiger partial charge in [-0.2, -0.15) is 5.26 Å². The van der Waals surface area contributed by atoms with Gasteiger partial charge in [0.1, 0.15) is 6.07 Å². The molecule has 0 radical (unpaired) electrons. The van der Waals surface area contributed by atoms with E-state index in [-0.39, 0.29) is 0 Å². The number of halogens is 1. The lowest BCUT2D eigenvalue weighted by molar-refractivity contribution is 1.50. The number of hydrogen-bond donors (Lipinski definition) is 0. The molecule has 0 atom stereocenters. The molecule has 90 valence electrons.